The van der Waals surface area contributed by atoms with E-state index in [1.807, 2.05) is 24.3 Å². The van der Waals surface area contributed by atoms with E-state index in [9.17, 15) is 24.4 Å². The number of nitrogens with one attached hydrogen (secondary N) is 2. The molecule has 3 amide bonds. The van der Waals surface area contributed by atoms with Gasteiger partial charge < -0.3 is 10.1 Å². The predicted molar refractivity (Wildman–Crippen MR) is 128 cm³/mol. The van der Waals surface area contributed by atoms with Crippen molar-refractivity contribution in [1.82, 2.24) is 10.6 Å². The highest BCUT2D eigenvalue weighted by Crippen LogP contribution is 2.63. The zero-order valence-electron chi connectivity index (χ0n) is 20.2. The van der Waals surface area contributed by atoms with Crippen molar-refractivity contribution in [3.8, 4) is 11.8 Å². The number of ketones is 1. The van der Waals surface area contributed by atoms with Crippen LogP contribution in [0.15, 0.2) is 23.8 Å². The van der Waals surface area contributed by atoms with Crippen molar-refractivity contribution in [3.63, 3.8) is 0 Å². The number of hydrogen-bond donors (Lipinski definition) is 2. The van der Waals surface area contributed by atoms with Gasteiger partial charge in [0.15, 0.2) is 5.78 Å². The van der Waals surface area contributed by atoms with Crippen molar-refractivity contribution in [2.75, 3.05) is 7.11 Å². The lowest BCUT2D eigenvalue weighted by Crippen LogP contribution is -2.46. The molecule has 4 aliphatic carbocycles. The van der Waals surface area contributed by atoms with E-state index in [2.05, 4.69) is 16.7 Å². The highest BCUT2D eigenvalue weighted by atomic mass is 16.5. The molecule has 6 atom stereocenters. The Morgan fingerprint density at radius 1 is 1.25 bits per heavy atom. The van der Waals surface area contributed by atoms with Gasteiger partial charge in [0.2, 0.25) is 17.7 Å². The highest BCUT2D eigenvalue weighted by Gasteiger charge is 2.67. The van der Waals surface area contributed by atoms with Crippen molar-refractivity contribution >= 4 is 29.6 Å². The Morgan fingerprint density at radius 2 is 2.03 bits per heavy atom. The maximum Gasteiger partial charge on any atom is 0.248 e. The summed E-state index contributed by atoms with van der Waals surface area (Å²) in [6.07, 6.45) is 6.00. The molecule has 36 heavy (non-hydrogen) atoms. The molecule has 1 aromatic carbocycles. The van der Waals surface area contributed by atoms with Crippen LogP contribution >= 0.6 is 0 Å². The van der Waals surface area contributed by atoms with Crippen molar-refractivity contribution in [2.45, 2.75) is 51.0 Å². The van der Waals surface area contributed by atoms with Gasteiger partial charge in [-0.3, -0.25) is 24.5 Å². The maximum absolute atomic E-state index is 13.6. The van der Waals surface area contributed by atoms with Gasteiger partial charge >= 0.3 is 0 Å². The largest absolute Gasteiger partial charge is 0.496 e. The van der Waals surface area contributed by atoms with Crippen LogP contribution < -0.4 is 15.4 Å². The first-order valence-electron chi connectivity index (χ1n) is 12.8. The molecule has 186 valence electrons. The lowest BCUT2D eigenvalue weighted by Gasteiger charge is -2.36. The molecule has 0 unspecified atom stereocenters. The molecule has 1 saturated heterocycles. The molecule has 1 aliphatic heterocycles. The maximum atomic E-state index is 13.6. The fourth-order valence-corrected chi connectivity index (χ4v) is 7.25. The molecule has 3 saturated carbocycles. The Balaban J connectivity index is 1.19. The van der Waals surface area contributed by atoms with E-state index in [1.54, 1.807) is 7.11 Å². The average Bonchev–Trinajstić information content (AvgIpc) is 3.19. The summed E-state index contributed by atoms with van der Waals surface area (Å²) in [5.74, 6) is -1.10. The summed E-state index contributed by atoms with van der Waals surface area (Å²) in [5.41, 5.74) is 1.52. The summed E-state index contributed by atoms with van der Waals surface area (Å²) in [4.78, 5) is 51.6. The van der Waals surface area contributed by atoms with Gasteiger partial charge in [-0.25, -0.2) is 0 Å². The summed E-state index contributed by atoms with van der Waals surface area (Å²) in [6.45, 7) is 0. The van der Waals surface area contributed by atoms with Crippen LogP contribution in [0.3, 0.4) is 0 Å². The quantitative estimate of drug-likeness (QED) is 0.542. The minimum atomic E-state index is -0.965. The van der Waals surface area contributed by atoms with Crippen LogP contribution in [-0.2, 0) is 25.6 Å². The van der Waals surface area contributed by atoms with Gasteiger partial charge in [-0.2, -0.15) is 5.26 Å². The lowest BCUT2D eigenvalue weighted by molar-refractivity contribution is -0.130. The molecule has 2 N–H and O–H groups in total. The average molecular weight is 488 g/mol. The Labute approximate surface area is 209 Å². The number of carbonyl (C=O) groups is 4. The normalized spacial score (nSPS) is 32.3. The topological polar surface area (TPSA) is 125 Å². The van der Waals surface area contributed by atoms with Gasteiger partial charge in [0.25, 0.3) is 0 Å². The Kier molecular flexibility index (Phi) is 5.29. The monoisotopic (exact) mass is 487 g/mol. The van der Waals surface area contributed by atoms with Gasteiger partial charge in [0.1, 0.15) is 5.75 Å². The fourth-order valence-electron chi connectivity index (χ4n) is 7.25. The van der Waals surface area contributed by atoms with Crippen LogP contribution in [0.2, 0.25) is 0 Å². The summed E-state index contributed by atoms with van der Waals surface area (Å²) in [5, 5.41) is 15.6. The van der Waals surface area contributed by atoms with Crippen LogP contribution in [0.4, 0.5) is 0 Å². The highest BCUT2D eigenvalue weighted by molar-refractivity contribution is 6.06. The summed E-state index contributed by atoms with van der Waals surface area (Å²) >= 11 is 0. The van der Waals surface area contributed by atoms with Gasteiger partial charge in [-0.05, 0) is 54.7 Å². The number of ether oxygens (including phenoxy) is 1. The number of imide groups is 1. The molecule has 5 aliphatic rings. The number of amides is 3. The van der Waals surface area contributed by atoms with Gasteiger partial charge in [-0.1, -0.05) is 25.0 Å². The Morgan fingerprint density at radius 3 is 2.75 bits per heavy atom. The van der Waals surface area contributed by atoms with E-state index < -0.39 is 17.4 Å². The molecule has 0 spiro atoms. The number of fused-ring (bicyclic) bond motifs is 6. The van der Waals surface area contributed by atoms with Crippen molar-refractivity contribution < 1.29 is 23.9 Å². The first-order chi connectivity index (χ1) is 17.3. The molecule has 2 bridgehead atoms. The second-order valence-electron chi connectivity index (χ2n) is 11.2. The van der Waals surface area contributed by atoms with Gasteiger partial charge in [0.05, 0.1) is 36.5 Å². The number of carbonyl (C=O) groups excluding carboxylic acids is 4. The number of Topliss-reactive ketones (excluding diaryl/α,β-unsaturated/α-hetero) is 1. The summed E-state index contributed by atoms with van der Waals surface area (Å²) in [7, 11) is 1.60. The number of hydrogen-bond acceptors (Lipinski definition) is 6. The molecular weight excluding hydrogens is 458 g/mol. The molecule has 6 rings (SSSR count). The van der Waals surface area contributed by atoms with Gasteiger partial charge in [-0.15, -0.1) is 0 Å². The predicted octanol–water partition coefficient (Wildman–Crippen LogP) is 2.32. The number of methoxy groups -OCH3 is 1. The van der Waals surface area contributed by atoms with Crippen LogP contribution in [0.25, 0.3) is 6.08 Å². The zero-order valence-corrected chi connectivity index (χ0v) is 20.2. The third-order valence-electron chi connectivity index (χ3n) is 9.11. The van der Waals surface area contributed by atoms with Crippen molar-refractivity contribution in [2.24, 2.45) is 35.0 Å². The van der Waals surface area contributed by atoms with E-state index in [0.29, 0.717) is 42.9 Å². The molecule has 8 heteroatoms. The Bertz CT molecular complexity index is 1260. The van der Waals surface area contributed by atoms with E-state index in [1.165, 1.54) is 0 Å². The van der Waals surface area contributed by atoms with Crippen molar-refractivity contribution in [1.29, 1.82) is 5.26 Å². The third kappa shape index (κ3) is 3.56. The van der Waals surface area contributed by atoms with Gasteiger partial charge in [0, 0.05) is 24.0 Å². The molecule has 1 aromatic rings. The van der Waals surface area contributed by atoms with E-state index >= 15 is 0 Å². The van der Waals surface area contributed by atoms with Crippen LogP contribution in [0.1, 0.15) is 49.7 Å². The Hall–Kier alpha value is -3.47. The third-order valence-corrected chi connectivity index (χ3v) is 9.11. The zero-order chi connectivity index (χ0) is 25.2. The SMILES string of the molecule is COc1cccc2c1C=C(C(=O)N[C@@H](CC1CC1)C(=O)C[C@@]1(C#N)C[C@H]3C[C@@H]1[C@H]1C(=O)NC(=O)[C@@H]31)C2. The second kappa shape index (κ2) is 8.29. The molecule has 1 heterocycles. The van der Waals surface area contributed by atoms with Crippen molar-refractivity contribution in [3.05, 3.63) is 34.9 Å². The first-order valence-corrected chi connectivity index (χ1v) is 12.8. The smallest absolute Gasteiger partial charge is 0.248 e. The second-order valence-corrected chi connectivity index (χ2v) is 11.2. The minimum Gasteiger partial charge on any atom is -0.496 e. The molecule has 8 nitrogen and oxygen atoms in total. The number of nitriles is 1. The number of rotatable bonds is 8. The molecular formula is C28H29N3O5. The van der Waals surface area contributed by atoms with E-state index in [-0.39, 0.29) is 47.7 Å². The fraction of sp³-hybridized carbons (Fsp3) is 0.536. The standard InChI is InChI=1S/C28H29N3O5/c1-36-22-4-2-3-15-8-16(9-18(15)22)25(33)30-20(7-14-5-6-14)21(32)12-28(13-29)11-17-10-19(28)24-23(17)26(34)31-27(24)35/h2-4,9,14,17,19-20,23-24H,5-8,10-12H2,1H3,(H,30,33)(H,31,34,35)/t17-,19-,20+,23+,24-,28-/m1/s1. The van der Waals surface area contributed by atoms with E-state index in [4.69, 9.17) is 4.74 Å². The van der Waals surface area contributed by atoms with Crippen LogP contribution in [-0.4, -0.2) is 36.7 Å². The molecule has 4 fully saturated rings. The number of nitrogens with zero attached hydrogens (tertiary/aromatic N) is 1. The van der Waals surface area contributed by atoms with Crippen LogP contribution in [0, 0.1) is 46.3 Å². The first kappa shape index (κ1) is 23.0. The molecule has 0 aromatic heterocycles. The summed E-state index contributed by atoms with van der Waals surface area (Å²) < 4.78 is 5.42. The lowest BCUT2D eigenvalue weighted by atomic mass is 9.63. The minimum absolute atomic E-state index is 0.000119. The summed E-state index contributed by atoms with van der Waals surface area (Å²) in [6, 6.07) is 7.44. The van der Waals surface area contributed by atoms with Crippen LogP contribution in [0.5, 0.6) is 5.75 Å². The number of benzene rings is 1. The van der Waals surface area contributed by atoms with E-state index in [0.717, 1.165) is 24.0 Å². The molecule has 0 radical (unpaired) electrons.